The Morgan fingerprint density at radius 1 is 1.11 bits per heavy atom. The van der Waals surface area contributed by atoms with Gasteiger partial charge in [0.25, 0.3) is 5.91 Å². The van der Waals surface area contributed by atoms with E-state index < -0.39 is 11.7 Å². The zero-order valence-electron chi connectivity index (χ0n) is 21.4. The summed E-state index contributed by atoms with van der Waals surface area (Å²) in [5.74, 6) is -0.333. The number of carbonyl (C=O) groups is 2. The molecular weight excluding hydrogens is 504 g/mol. The van der Waals surface area contributed by atoms with Crippen molar-refractivity contribution in [1.82, 2.24) is 19.9 Å². The third kappa shape index (κ3) is 5.73. The van der Waals surface area contributed by atoms with Crippen LogP contribution >= 0.6 is 11.6 Å². The summed E-state index contributed by atoms with van der Waals surface area (Å²) in [7, 11) is 0. The average Bonchev–Trinajstić information content (AvgIpc) is 3.50. The predicted octanol–water partition coefficient (Wildman–Crippen LogP) is 5.41. The van der Waals surface area contributed by atoms with Gasteiger partial charge in [-0.05, 0) is 63.1 Å². The van der Waals surface area contributed by atoms with E-state index in [1.165, 1.54) is 0 Å². The van der Waals surface area contributed by atoms with Gasteiger partial charge in [0.05, 0.1) is 23.6 Å². The zero-order valence-corrected chi connectivity index (χ0v) is 22.2. The van der Waals surface area contributed by atoms with Crippen LogP contribution in [0.4, 0.5) is 16.2 Å². The van der Waals surface area contributed by atoms with Crippen LogP contribution in [0.2, 0.25) is 5.02 Å². The van der Waals surface area contributed by atoms with Gasteiger partial charge in [0.15, 0.2) is 5.65 Å². The van der Waals surface area contributed by atoms with Crippen molar-refractivity contribution in [3.63, 3.8) is 0 Å². The molecule has 2 N–H and O–H groups in total. The zero-order chi connectivity index (χ0) is 26.9. The Kier molecular flexibility index (Phi) is 6.94. The molecule has 196 valence electrons. The van der Waals surface area contributed by atoms with E-state index in [9.17, 15) is 9.59 Å². The van der Waals surface area contributed by atoms with Gasteiger partial charge in [-0.2, -0.15) is 5.10 Å². The summed E-state index contributed by atoms with van der Waals surface area (Å²) in [4.78, 5) is 32.2. The van der Waals surface area contributed by atoms with Gasteiger partial charge >= 0.3 is 6.09 Å². The second kappa shape index (κ2) is 10.3. The summed E-state index contributed by atoms with van der Waals surface area (Å²) < 4.78 is 7.02. The van der Waals surface area contributed by atoms with E-state index in [-0.39, 0.29) is 17.6 Å². The lowest BCUT2D eigenvalue weighted by Crippen LogP contribution is -2.40. The molecule has 1 atom stereocenters. The summed E-state index contributed by atoms with van der Waals surface area (Å²) in [6.45, 7) is 6.85. The second-order valence-electron chi connectivity index (χ2n) is 10.2. The van der Waals surface area contributed by atoms with E-state index >= 15 is 0 Å². The first-order valence-electron chi connectivity index (χ1n) is 12.4. The number of nitrogens with zero attached hydrogens (tertiary/aromatic N) is 4. The highest BCUT2D eigenvalue weighted by Gasteiger charge is 2.28. The number of hydrogen-bond donors (Lipinski definition) is 2. The smallest absolute Gasteiger partial charge is 0.407 e. The van der Waals surface area contributed by atoms with Crippen molar-refractivity contribution in [3.05, 3.63) is 77.7 Å². The monoisotopic (exact) mass is 532 g/mol. The fourth-order valence-electron chi connectivity index (χ4n) is 4.47. The Morgan fingerprint density at radius 2 is 1.92 bits per heavy atom. The van der Waals surface area contributed by atoms with E-state index in [4.69, 9.17) is 16.3 Å². The summed E-state index contributed by atoms with van der Waals surface area (Å²) in [5.41, 5.74) is 3.46. The number of amides is 2. The van der Waals surface area contributed by atoms with Crippen molar-refractivity contribution >= 4 is 40.6 Å². The molecule has 2 aromatic carbocycles. The molecule has 38 heavy (non-hydrogen) atoms. The molecule has 1 fully saturated rings. The molecule has 0 bridgehead atoms. The molecule has 0 unspecified atom stereocenters. The lowest BCUT2D eigenvalue weighted by Gasteiger charge is -2.23. The van der Waals surface area contributed by atoms with E-state index in [1.807, 2.05) is 63.2 Å². The number of anilines is 2. The summed E-state index contributed by atoms with van der Waals surface area (Å²) in [5, 5.41) is 10.9. The van der Waals surface area contributed by atoms with Gasteiger partial charge in [-0.25, -0.2) is 14.3 Å². The maximum atomic E-state index is 13.3. The number of alkyl carbamates (subject to hydrolysis) is 1. The molecule has 0 saturated carbocycles. The molecule has 4 aromatic rings. The number of ether oxygens (including phenoxy) is 1. The van der Waals surface area contributed by atoms with E-state index in [2.05, 4.69) is 25.6 Å². The lowest BCUT2D eigenvalue weighted by molar-refractivity contribution is 0.0509. The number of rotatable bonds is 5. The molecule has 1 aliphatic rings. The van der Waals surface area contributed by atoms with Gasteiger partial charge in [-0.3, -0.25) is 4.79 Å². The minimum absolute atomic E-state index is 0.0514. The molecule has 0 radical (unpaired) electrons. The topological polar surface area (TPSA) is 101 Å². The fraction of sp³-hybridized carbons (Fsp3) is 0.286. The largest absolute Gasteiger partial charge is 0.444 e. The predicted molar refractivity (Wildman–Crippen MR) is 148 cm³/mol. The Labute approximate surface area is 225 Å². The van der Waals surface area contributed by atoms with Crippen LogP contribution in [-0.2, 0) is 4.74 Å². The molecule has 2 amide bonds. The summed E-state index contributed by atoms with van der Waals surface area (Å²) in [6.07, 6.45) is 3.77. The Balaban J connectivity index is 1.32. The fourth-order valence-corrected chi connectivity index (χ4v) is 4.66. The number of benzene rings is 2. The number of hydrogen-bond acceptors (Lipinski definition) is 6. The lowest BCUT2D eigenvalue weighted by atomic mass is 10.1. The van der Waals surface area contributed by atoms with Crippen molar-refractivity contribution in [3.8, 4) is 11.1 Å². The third-order valence-electron chi connectivity index (χ3n) is 6.14. The Bertz CT molecular complexity index is 1500. The van der Waals surface area contributed by atoms with Crippen molar-refractivity contribution in [2.45, 2.75) is 38.8 Å². The van der Waals surface area contributed by atoms with Crippen LogP contribution < -0.4 is 15.5 Å². The van der Waals surface area contributed by atoms with Gasteiger partial charge in [0.1, 0.15) is 11.3 Å². The van der Waals surface area contributed by atoms with E-state index in [0.717, 1.165) is 29.8 Å². The average molecular weight is 533 g/mol. The first-order chi connectivity index (χ1) is 18.2. The number of nitrogens with one attached hydrogen (secondary N) is 2. The second-order valence-corrected chi connectivity index (χ2v) is 10.6. The molecule has 3 heterocycles. The maximum Gasteiger partial charge on any atom is 0.407 e. The normalized spacial score (nSPS) is 15.5. The van der Waals surface area contributed by atoms with Crippen molar-refractivity contribution in [2.24, 2.45) is 0 Å². The molecule has 2 aromatic heterocycles. The quantitative estimate of drug-likeness (QED) is 0.356. The van der Waals surface area contributed by atoms with Gasteiger partial charge in [-0.1, -0.05) is 35.9 Å². The maximum absolute atomic E-state index is 13.3. The first kappa shape index (κ1) is 25.5. The minimum Gasteiger partial charge on any atom is -0.444 e. The first-order valence-corrected chi connectivity index (χ1v) is 12.8. The van der Waals surface area contributed by atoms with Crippen LogP contribution in [0.25, 0.3) is 16.8 Å². The van der Waals surface area contributed by atoms with Crippen LogP contribution in [0, 0.1) is 0 Å². The Hall–Kier alpha value is -4.11. The molecule has 0 spiro atoms. The highest BCUT2D eigenvalue weighted by Crippen LogP contribution is 2.30. The van der Waals surface area contributed by atoms with Crippen molar-refractivity contribution < 1.29 is 14.3 Å². The van der Waals surface area contributed by atoms with Gasteiger partial charge in [0.2, 0.25) is 0 Å². The van der Waals surface area contributed by atoms with E-state index in [1.54, 1.807) is 29.0 Å². The van der Waals surface area contributed by atoms with Crippen LogP contribution in [0.15, 0.2) is 67.0 Å². The molecule has 0 aliphatic carbocycles. The van der Waals surface area contributed by atoms with Crippen LogP contribution in [-0.4, -0.2) is 51.3 Å². The van der Waals surface area contributed by atoms with Crippen LogP contribution in [0.3, 0.4) is 0 Å². The van der Waals surface area contributed by atoms with Gasteiger partial charge in [0, 0.05) is 29.9 Å². The number of carbonyl (C=O) groups excluding carboxylic acids is 2. The molecule has 10 heteroatoms. The van der Waals surface area contributed by atoms with Crippen molar-refractivity contribution in [1.29, 1.82) is 0 Å². The molecule has 1 aliphatic heterocycles. The number of para-hydroxylation sites is 2. The van der Waals surface area contributed by atoms with Crippen LogP contribution in [0.1, 0.15) is 37.7 Å². The van der Waals surface area contributed by atoms with E-state index in [0.29, 0.717) is 22.9 Å². The molecule has 9 nitrogen and oxygen atoms in total. The highest BCUT2D eigenvalue weighted by molar-refractivity contribution is 6.30. The SMILES string of the molecule is CC(C)(C)OC(=O)N[C@H]1CCN(c2ccccc2NC(=O)c2ccn3ncc(-c4cccc(Cl)c4)c3n2)C1. The van der Waals surface area contributed by atoms with Gasteiger partial charge in [-0.15, -0.1) is 0 Å². The number of halogens is 1. The molecule has 5 rings (SSSR count). The summed E-state index contributed by atoms with van der Waals surface area (Å²) in [6, 6.07) is 16.6. The standard InChI is InChI=1S/C28H29ClN6O3/c1-28(2,3)38-27(37)31-20-11-13-34(17-20)24-10-5-4-9-22(24)33-26(36)23-12-14-35-25(32-23)21(16-30-35)18-7-6-8-19(29)15-18/h4-10,12,14-16,20H,11,13,17H2,1-3H3,(H,31,37)(H,33,36)/t20-/m0/s1. The minimum atomic E-state index is -0.553. The number of fused-ring (bicyclic) bond motifs is 1. The molecule has 1 saturated heterocycles. The van der Waals surface area contributed by atoms with Crippen molar-refractivity contribution in [2.75, 3.05) is 23.3 Å². The van der Waals surface area contributed by atoms with Gasteiger partial charge < -0.3 is 20.3 Å². The third-order valence-corrected chi connectivity index (χ3v) is 6.37. The number of aromatic nitrogens is 3. The molecular formula is C28H29ClN6O3. The highest BCUT2D eigenvalue weighted by atomic mass is 35.5. The van der Waals surface area contributed by atoms with Crippen LogP contribution in [0.5, 0.6) is 0 Å². The Morgan fingerprint density at radius 3 is 2.71 bits per heavy atom. The summed E-state index contributed by atoms with van der Waals surface area (Å²) >= 11 is 6.17.